The van der Waals surface area contributed by atoms with E-state index in [9.17, 15) is 8.42 Å². The summed E-state index contributed by atoms with van der Waals surface area (Å²) in [5, 5.41) is 0.751. The van der Waals surface area contributed by atoms with E-state index in [2.05, 4.69) is 15.9 Å². The summed E-state index contributed by atoms with van der Waals surface area (Å²) in [7, 11) is -3.25. The molecule has 1 saturated heterocycles. The lowest BCUT2D eigenvalue weighted by molar-refractivity contribution is 0.443. The minimum Gasteiger partial charge on any atom is -0.207 e. The van der Waals surface area contributed by atoms with Gasteiger partial charge in [0.1, 0.15) is 0 Å². The van der Waals surface area contributed by atoms with Crippen molar-refractivity contribution in [1.29, 1.82) is 0 Å². The Bertz CT molecular complexity index is 516. The summed E-state index contributed by atoms with van der Waals surface area (Å²) in [5.41, 5.74) is 1.09. The molecule has 1 saturated carbocycles. The molecular formula is C12H14BrNO2S. The number of sulfonamides is 1. The Labute approximate surface area is 110 Å². The Kier molecular flexibility index (Phi) is 2.80. The second kappa shape index (κ2) is 4.07. The zero-order chi connectivity index (χ0) is 12.0. The molecule has 3 rings (SSSR count). The third-order valence-corrected chi connectivity index (χ3v) is 6.15. The summed E-state index contributed by atoms with van der Waals surface area (Å²) < 4.78 is 26.3. The highest BCUT2D eigenvalue weighted by Gasteiger charge is 2.48. The minimum atomic E-state index is -3.25. The number of halogens is 1. The predicted octanol–water partition coefficient (Wildman–Crippen LogP) is 2.22. The van der Waals surface area contributed by atoms with E-state index in [1.54, 1.807) is 16.4 Å². The van der Waals surface area contributed by atoms with Crippen molar-refractivity contribution in [3.63, 3.8) is 0 Å². The molecule has 2 atom stereocenters. The zero-order valence-electron chi connectivity index (χ0n) is 9.34. The molecule has 0 spiro atoms. The van der Waals surface area contributed by atoms with Gasteiger partial charge < -0.3 is 0 Å². The second-order valence-electron chi connectivity index (χ2n) is 4.86. The van der Waals surface area contributed by atoms with Crippen LogP contribution < -0.4 is 0 Å². The molecule has 1 aliphatic carbocycles. The molecule has 3 nitrogen and oxygen atoms in total. The lowest BCUT2D eigenvalue weighted by Gasteiger charge is -2.17. The summed E-state index contributed by atoms with van der Waals surface area (Å²) in [6, 6.07) is 7.13. The van der Waals surface area contributed by atoms with Crippen molar-refractivity contribution in [3.8, 4) is 0 Å². The van der Waals surface area contributed by atoms with Gasteiger partial charge in [-0.1, -0.05) is 28.1 Å². The SMILES string of the molecule is O=S(=O)(c1ccc(CBr)cc1)N1CC2CC2C1. The topological polar surface area (TPSA) is 37.4 Å². The van der Waals surface area contributed by atoms with Crippen LogP contribution in [0.3, 0.4) is 0 Å². The van der Waals surface area contributed by atoms with E-state index >= 15 is 0 Å². The van der Waals surface area contributed by atoms with Gasteiger partial charge >= 0.3 is 0 Å². The lowest BCUT2D eigenvalue weighted by atomic mass is 10.2. The molecule has 2 fully saturated rings. The van der Waals surface area contributed by atoms with Crippen LogP contribution in [0, 0.1) is 11.8 Å². The van der Waals surface area contributed by atoms with Crippen LogP contribution in [0.4, 0.5) is 0 Å². The molecule has 17 heavy (non-hydrogen) atoms. The van der Waals surface area contributed by atoms with Crippen LogP contribution in [0.25, 0.3) is 0 Å². The molecule has 1 aromatic carbocycles. The van der Waals surface area contributed by atoms with Crippen molar-refractivity contribution in [2.45, 2.75) is 16.6 Å². The van der Waals surface area contributed by atoms with Gasteiger partial charge in [-0.05, 0) is 36.0 Å². The van der Waals surface area contributed by atoms with E-state index in [0.717, 1.165) is 10.9 Å². The van der Waals surface area contributed by atoms with Gasteiger partial charge in [0.15, 0.2) is 0 Å². The minimum absolute atomic E-state index is 0.420. The number of nitrogens with zero attached hydrogens (tertiary/aromatic N) is 1. The third kappa shape index (κ3) is 2.04. The van der Waals surface area contributed by atoms with Gasteiger partial charge in [-0.25, -0.2) is 8.42 Å². The molecular weight excluding hydrogens is 302 g/mol. The van der Waals surface area contributed by atoms with Crippen molar-refractivity contribution in [2.75, 3.05) is 13.1 Å². The molecule has 2 unspecified atom stereocenters. The van der Waals surface area contributed by atoms with Gasteiger partial charge in [0.05, 0.1) is 4.90 Å². The quantitative estimate of drug-likeness (QED) is 0.802. The van der Waals surface area contributed by atoms with E-state index in [1.165, 1.54) is 6.42 Å². The smallest absolute Gasteiger partial charge is 0.207 e. The van der Waals surface area contributed by atoms with E-state index < -0.39 is 10.0 Å². The van der Waals surface area contributed by atoms with Gasteiger partial charge in [0.2, 0.25) is 10.0 Å². The molecule has 0 N–H and O–H groups in total. The Balaban J connectivity index is 1.85. The first-order valence-electron chi connectivity index (χ1n) is 5.76. The maximum Gasteiger partial charge on any atom is 0.243 e. The lowest BCUT2D eigenvalue weighted by Crippen LogP contribution is -2.30. The molecule has 5 heteroatoms. The number of piperidine rings is 1. The third-order valence-electron chi connectivity index (χ3n) is 3.66. The summed E-state index contributed by atoms with van der Waals surface area (Å²) >= 11 is 3.35. The molecule has 0 aromatic heterocycles. The molecule has 1 aliphatic heterocycles. The average molecular weight is 316 g/mol. The van der Waals surface area contributed by atoms with E-state index in [0.29, 0.717) is 29.8 Å². The summed E-state index contributed by atoms with van der Waals surface area (Å²) in [6.45, 7) is 1.43. The van der Waals surface area contributed by atoms with Gasteiger partial charge in [0.25, 0.3) is 0 Å². The highest BCUT2D eigenvalue weighted by atomic mass is 79.9. The Morgan fingerprint density at radius 2 is 1.76 bits per heavy atom. The number of alkyl halides is 1. The van der Waals surface area contributed by atoms with Crippen LogP contribution in [0.5, 0.6) is 0 Å². The predicted molar refractivity (Wildman–Crippen MR) is 69.4 cm³/mol. The second-order valence-corrected chi connectivity index (χ2v) is 7.35. The fourth-order valence-corrected chi connectivity index (χ4v) is 4.38. The van der Waals surface area contributed by atoms with Crippen LogP contribution in [0.15, 0.2) is 29.2 Å². The van der Waals surface area contributed by atoms with Crippen LogP contribution in [0.2, 0.25) is 0 Å². The molecule has 0 bridgehead atoms. The van der Waals surface area contributed by atoms with Crippen molar-refractivity contribution < 1.29 is 8.42 Å². The van der Waals surface area contributed by atoms with E-state index in [-0.39, 0.29) is 0 Å². The number of hydrogen-bond acceptors (Lipinski definition) is 2. The van der Waals surface area contributed by atoms with Gasteiger partial charge in [-0.15, -0.1) is 0 Å². The average Bonchev–Trinajstić information content (AvgIpc) is 2.96. The summed E-state index contributed by atoms with van der Waals surface area (Å²) in [5.74, 6) is 1.26. The normalized spacial score (nSPS) is 28.1. The van der Waals surface area contributed by atoms with Crippen LogP contribution in [-0.4, -0.2) is 25.8 Å². The zero-order valence-corrected chi connectivity index (χ0v) is 11.7. The van der Waals surface area contributed by atoms with Crippen LogP contribution in [-0.2, 0) is 15.4 Å². The maximum absolute atomic E-state index is 12.3. The van der Waals surface area contributed by atoms with Gasteiger partial charge in [-0.3, -0.25) is 0 Å². The first-order valence-corrected chi connectivity index (χ1v) is 8.32. The standard InChI is InChI=1S/C12H14BrNO2S/c13-6-9-1-3-12(4-2-9)17(15,16)14-7-10-5-11(10)8-14/h1-4,10-11H,5-8H2. The van der Waals surface area contributed by atoms with E-state index in [1.807, 2.05) is 12.1 Å². The van der Waals surface area contributed by atoms with Crippen molar-refractivity contribution in [1.82, 2.24) is 4.31 Å². The van der Waals surface area contributed by atoms with E-state index in [4.69, 9.17) is 0 Å². The highest BCUT2D eigenvalue weighted by molar-refractivity contribution is 9.08. The van der Waals surface area contributed by atoms with Crippen molar-refractivity contribution in [3.05, 3.63) is 29.8 Å². The molecule has 1 heterocycles. The maximum atomic E-state index is 12.3. The molecule has 0 radical (unpaired) electrons. The van der Waals surface area contributed by atoms with Crippen molar-refractivity contribution in [2.24, 2.45) is 11.8 Å². The number of benzene rings is 1. The Morgan fingerprint density at radius 3 is 2.29 bits per heavy atom. The van der Waals surface area contributed by atoms with Gasteiger partial charge in [-0.2, -0.15) is 4.31 Å². The highest BCUT2D eigenvalue weighted by Crippen LogP contribution is 2.46. The fraction of sp³-hybridized carbons (Fsp3) is 0.500. The molecule has 2 aliphatic rings. The molecule has 0 amide bonds. The van der Waals surface area contributed by atoms with Crippen LogP contribution >= 0.6 is 15.9 Å². The van der Waals surface area contributed by atoms with Crippen molar-refractivity contribution >= 4 is 26.0 Å². The largest absolute Gasteiger partial charge is 0.243 e. The first-order chi connectivity index (χ1) is 8.11. The van der Waals surface area contributed by atoms with Crippen LogP contribution in [0.1, 0.15) is 12.0 Å². The molecule has 92 valence electrons. The monoisotopic (exact) mass is 315 g/mol. The number of hydrogen-bond donors (Lipinski definition) is 0. The Morgan fingerprint density at radius 1 is 1.18 bits per heavy atom. The fourth-order valence-electron chi connectivity index (χ4n) is 2.45. The number of rotatable bonds is 3. The Hall–Kier alpha value is -0.390. The molecule has 1 aromatic rings. The summed E-state index contributed by atoms with van der Waals surface area (Å²) in [6.07, 6.45) is 1.22. The number of fused-ring (bicyclic) bond motifs is 1. The van der Waals surface area contributed by atoms with Gasteiger partial charge in [0, 0.05) is 18.4 Å². The first kappa shape index (κ1) is 11.7. The summed E-state index contributed by atoms with van der Waals surface area (Å²) in [4.78, 5) is 0.420.